The van der Waals surface area contributed by atoms with Crippen molar-refractivity contribution in [3.8, 4) is 0 Å². The number of hydrogen-bond acceptors (Lipinski definition) is 3. The molecule has 0 aromatic heterocycles. The molecule has 1 rings (SSSR count). The monoisotopic (exact) mass is 253 g/mol. The van der Waals surface area contributed by atoms with Crippen LogP contribution in [0.5, 0.6) is 0 Å². The largest absolute Gasteiger partial charge is 0.371 e. The number of rotatable bonds is 5. The summed E-state index contributed by atoms with van der Waals surface area (Å²) in [5.41, 5.74) is 2.38. The number of hydrogen-bond donors (Lipinski definition) is 0. The van der Waals surface area contributed by atoms with E-state index in [-0.39, 0.29) is 5.43 Å². The van der Waals surface area contributed by atoms with E-state index in [1.165, 1.54) is 0 Å². The van der Waals surface area contributed by atoms with E-state index in [2.05, 4.69) is 27.7 Å². The first-order chi connectivity index (χ1) is 7.78. The summed E-state index contributed by atoms with van der Waals surface area (Å²) in [6, 6.07) is 0. The van der Waals surface area contributed by atoms with Crippen LogP contribution in [0.1, 0.15) is 46.1 Å². The third kappa shape index (κ3) is 3.38. The first-order valence-electron chi connectivity index (χ1n) is 6.31. The molecule has 0 N–H and O–H groups in total. The maximum Gasteiger partial charge on any atom is 0.220 e. The van der Waals surface area contributed by atoms with Gasteiger partial charge in [-0.15, -0.1) is 0 Å². The lowest BCUT2D eigenvalue weighted by molar-refractivity contribution is 0.365. The standard InChI is InChI=1S/C14H23NOS/c1-6-15(5)11-10(13(17)12(11)16)8-7-9-14(2,3)4/h6-9H2,1-5H3. The average molecular weight is 253 g/mol. The second-order valence-corrected chi connectivity index (χ2v) is 6.32. The Morgan fingerprint density at radius 2 is 1.88 bits per heavy atom. The van der Waals surface area contributed by atoms with Crippen molar-refractivity contribution < 1.29 is 0 Å². The van der Waals surface area contributed by atoms with E-state index in [9.17, 15) is 4.79 Å². The maximum atomic E-state index is 11.7. The lowest BCUT2D eigenvalue weighted by Crippen LogP contribution is -2.30. The van der Waals surface area contributed by atoms with Crippen LogP contribution in [0.4, 0.5) is 5.69 Å². The average Bonchev–Trinajstić information content (AvgIpc) is 2.25. The molecule has 2 nitrogen and oxygen atoms in total. The molecule has 3 heteroatoms. The van der Waals surface area contributed by atoms with Crippen LogP contribution in [0.25, 0.3) is 0 Å². The summed E-state index contributed by atoms with van der Waals surface area (Å²) in [4.78, 5) is 13.7. The van der Waals surface area contributed by atoms with Gasteiger partial charge < -0.3 is 4.90 Å². The lowest BCUT2D eigenvalue weighted by Gasteiger charge is -2.23. The Morgan fingerprint density at radius 3 is 2.35 bits per heavy atom. The van der Waals surface area contributed by atoms with E-state index in [1.807, 2.05) is 11.9 Å². The quantitative estimate of drug-likeness (QED) is 0.749. The topological polar surface area (TPSA) is 20.3 Å². The molecule has 0 aliphatic heterocycles. The molecule has 0 heterocycles. The molecule has 0 spiro atoms. The van der Waals surface area contributed by atoms with Gasteiger partial charge in [-0.05, 0) is 31.6 Å². The van der Waals surface area contributed by atoms with E-state index >= 15 is 0 Å². The third-order valence-electron chi connectivity index (χ3n) is 3.19. The lowest BCUT2D eigenvalue weighted by atomic mass is 9.88. The molecule has 0 fully saturated rings. The molecule has 0 aliphatic rings. The minimum absolute atomic E-state index is 0.0649. The van der Waals surface area contributed by atoms with Crippen molar-refractivity contribution >= 4 is 17.9 Å². The van der Waals surface area contributed by atoms with E-state index in [4.69, 9.17) is 12.2 Å². The third-order valence-corrected chi connectivity index (χ3v) is 3.62. The van der Waals surface area contributed by atoms with E-state index in [0.717, 1.165) is 37.1 Å². The number of nitrogens with zero attached hydrogens (tertiary/aromatic N) is 1. The zero-order chi connectivity index (χ0) is 13.2. The van der Waals surface area contributed by atoms with Crippen molar-refractivity contribution in [2.45, 2.75) is 47.0 Å². The fourth-order valence-electron chi connectivity index (χ4n) is 2.02. The van der Waals surface area contributed by atoms with Crippen LogP contribution in [0.3, 0.4) is 0 Å². The molecule has 96 valence electrons. The van der Waals surface area contributed by atoms with Crippen LogP contribution >= 0.6 is 12.2 Å². The Morgan fingerprint density at radius 1 is 1.29 bits per heavy atom. The second-order valence-electron chi connectivity index (χ2n) is 5.91. The van der Waals surface area contributed by atoms with Crippen molar-refractivity contribution in [2.75, 3.05) is 18.5 Å². The molecule has 17 heavy (non-hydrogen) atoms. The highest BCUT2D eigenvalue weighted by Crippen LogP contribution is 2.26. The van der Waals surface area contributed by atoms with Crippen molar-refractivity contribution in [1.29, 1.82) is 0 Å². The smallest absolute Gasteiger partial charge is 0.220 e. The zero-order valence-corrected chi connectivity index (χ0v) is 12.4. The summed E-state index contributed by atoms with van der Waals surface area (Å²) >= 11 is 5.14. The molecule has 0 atom stereocenters. The predicted molar refractivity (Wildman–Crippen MR) is 77.3 cm³/mol. The van der Waals surface area contributed by atoms with Gasteiger partial charge in [0.05, 0.1) is 10.2 Å². The summed E-state index contributed by atoms with van der Waals surface area (Å²) < 4.78 is 0.564. The number of anilines is 1. The summed E-state index contributed by atoms with van der Waals surface area (Å²) in [7, 11) is 1.96. The molecule has 0 unspecified atom stereocenters. The van der Waals surface area contributed by atoms with Gasteiger partial charge in [0, 0.05) is 19.2 Å². The summed E-state index contributed by atoms with van der Waals surface area (Å²) in [5.74, 6) is 0. The summed E-state index contributed by atoms with van der Waals surface area (Å²) in [6.45, 7) is 9.63. The Balaban J connectivity index is 2.70. The Bertz CT molecular complexity index is 449. The van der Waals surface area contributed by atoms with Crippen LogP contribution in [-0.2, 0) is 6.42 Å². The van der Waals surface area contributed by atoms with E-state index < -0.39 is 0 Å². The fraction of sp³-hybridized carbons (Fsp3) is 0.714. The SMILES string of the molecule is CCN(C)c1c(CCCC(C)(C)C)c(=S)c1=O. The highest BCUT2D eigenvalue weighted by atomic mass is 32.1. The molecule has 0 saturated heterocycles. The van der Waals surface area contributed by atoms with Crippen LogP contribution < -0.4 is 10.3 Å². The van der Waals surface area contributed by atoms with Gasteiger partial charge in [-0.1, -0.05) is 33.0 Å². The molecule has 0 amide bonds. The van der Waals surface area contributed by atoms with Crippen LogP contribution in [0.15, 0.2) is 4.79 Å². The van der Waals surface area contributed by atoms with Crippen molar-refractivity contribution in [3.05, 3.63) is 20.3 Å². The Labute approximate surface area is 109 Å². The van der Waals surface area contributed by atoms with Gasteiger partial charge in [0.15, 0.2) is 0 Å². The Hall–Kier alpha value is -0.700. The molecular weight excluding hydrogens is 230 g/mol. The van der Waals surface area contributed by atoms with Gasteiger partial charge in [0.2, 0.25) is 5.43 Å². The molecule has 0 saturated carbocycles. The van der Waals surface area contributed by atoms with Gasteiger partial charge in [-0.25, -0.2) is 0 Å². The zero-order valence-electron chi connectivity index (χ0n) is 11.6. The maximum absolute atomic E-state index is 11.7. The van der Waals surface area contributed by atoms with E-state index in [1.54, 1.807) is 0 Å². The molecule has 1 aromatic rings. The van der Waals surface area contributed by atoms with Crippen molar-refractivity contribution in [1.82, 2.24) is 0 Å². The second kappa shape index (κ2) is 5.30. The van der Waals surface area contributed by atoms with Gasteiger partial charge in [-0.3, -0.25) is 4.79 Å². The van der Waals surface area contributed by atoms with Crippen molar-refractivity contribution in [3.63, 3.8) is 0 Å². The fourth-order valence-corrected chi connectivity index (χ4v) is 2.31. The molecular formula is C14H23NOS. The van der Waals surface area contributed by atoms with Crippen molar-refractivity contribution in [2.24, 2.45) is 5.41 Å². The van der Waals surface area contributed by atoms with Gasteiger partial charge >= 0.3 is 0 Å². The highest BCUT2D eigenvalue weighted by Gasteiger charge is 2.20. The first kappa shape index (κ1) is 14.4. The minimum Gasteiger partial charge on any atom is -0.371 e. The van der Waals surface area contributed by atoms with Gasteiger partial charge in [0.1, 0.15) is 0 Å². The molecule has 0 radical (unpaired) electrons. The van der Waals surface area contributed by atoms with Crippen LogP contribution in [0, 0.1) is 9.93 Å². The van der Waals surface area contributed by atoms with Crippen LogP contribution in [-0.4, -0.2) is 13.6 Å². The highest BCUT2D eigenvalue weighted by molar-refractivity contribution is 7.71. The molecule has 0 aliphatic carbocycles. The summed E-state index contributed by atoms with van der Waals surface area (Å²) in [5, 5.41) is 0. The normalized spacial score (nSPS) is 12.1. The first-order valence-corrected chi connectivity index (χ1v) is 6.72. The molecule has 0 bridgehead atoms. The van der Waals surface area contributed by atoms with Gasteiger partial charge in [0.25, 0.3) is 0 Å². The van der Waals surface area contributed by atoms with E-state index in [0.29, 0.717) is 9.93 Å². The van der Waals surface area contributed by atoms with Gasteiger partial charge in [-0.2, -0.15) is 0 Å². The minimum atomic E-state index is 0.0649. The summed E-state index contributed by atoms with van der Waals surface area (Å²) in [6.07, 6.45) is 3.21. The molecule has 1 aromatic carbocycles. The predicted octanol–water partition coefficient (Wildman–Crippen LogP) is 3.48. The Kier molecular flexibility index (Phi) is 4.48. The van der Waals surface area contributed by atoms with Crippen LogP contribution in [0.2, 0.25) is 0 Å².